The third-order valence-corrected chi connectivity index (χ3v) is 7.11. The number of carbonyl (C=O) groups is 2. The summed E-state index contributed by atoms with van der Waals surface area (Å²) in [5.74, 6) is 0.0445. The molecule has 2 unspecified atom stereocenters. The summed E-state index contributed by atoms with van der Waals surface area (Å²) in [6, 6.07) is 14.4. The first-order valence-electron chi connectivity index (χ1n) is 10.5. The number of rotatable bonds is 7. The molecule has 4 rings (SSSR count). The molecular formula is C25H25ClN2O4S. The lowest BCUT2D eigenvalue weighted by Crippen LogP contribution is -2.45. The number of thiophene rings is 1. The van der Waals surface area contributed by atoms with Gasteiger partial charge in [0, 0.05) is 29.1 Å². The van der Waals surface area contributed by atoms with Gasteiger partial charge in [0.05, 0.1) is 26.2 Å². The van der Waals surface area contributed by atoms with E-state index in [2.05, 4.69) is 5.32 Å². The Kier molecular flexibility index (Phi) is 6.91. The van der Waals surface area contributed by atoms with Crippen molar-refractivity contribution < 1.29 is 19.1 Å². The molecule has 0 saturated heterocycles. The number of ether oxygens (including phenoxy) is 2. The molecule has 0 aliphatic carbocycles. The molecule has 172 valence electrons. The van der Waals surface area contributed by atoms with Gasteiger partial charge in [0.1, 0.15) is 0 Å². The van der Waals surface area contributed by atoms with Crippen LogP contribution in [0.25, 0.3) is 0 Å². The van der Waals surface area contributed by atoms with Crippen molar-refractivity contribution in [3.05, 3.63) is 80.5 Å². The van der Waals surface area contributed by atoms with E-state index in [0.717, 1.165) is 10.4 Å². The third kappa shape index (κ3) is 4.56. The molecule has 6 nitrogen and oxygen atoms in total. The van der Waals surface area contributed by atoms with E-state index in [1.165, 1.54) is 18.4 Å². The van der Waals surface area contributed by atoms with Crippen LogP contribution >= 0.6 is 22.9 Å². The molecule has 0 spiro atoms. The molecule has 1 N–H and O–H groups in total. The zero-order valence-corrected chi connectivity index (χ0v) is 20.2. The van der Waals surface area contributed by atoms with Crippen molar-refractivity contribution in [2.75, 3.05) is 27.8 Å². The van der Waals surface area contributed by atoms with E-state index < -0.39 is 12.0 Å². The van der Waals surface area contributed by atoms with Gasteiger partial charge in [-0.1, -0.05) is 29.8 Å². The van der Waals surface area contributed by atoms with Crippen molar-refractivity contribution in [3.63, 3.8) is 0 Å². The van der Waals surface area contributed by atoms with Crippen LogP contribution in [0.5, 0.6) is 11.5 Å². The van der Waals surface area contributed by atoms with Gasteiger partial charge in [-0.3, -0.25) is 9.59 Å². The van der Waals surface area contributed by atoms with Gasteiger partial charge in [0.25, 0.3) is 5.91 Å². The lowest BCUT2D eigenvalue weighted by Gasteiger charge is -2.39. The summed E-state index contributed by atoms with van der Waals surface area (Å²) in [5.41, 5.74) is 2.16. The SMILES string of the molecule is COc1cc2c(cc1OC)C(C(=O)NCCc1ccc(Cl)cc1)C(c1cccs1)N(C)C2=O. The summed E-state index contributed by atoms with van der Waals surface area (Å²) in [5, 5.41) is 5.70. The first-order chi connectivity index (χ1) is 15.9. The number of hydrogen-bond acceptors (Lipinski definition) is 5. The molecule has 33 heavy (non-hydrogen) atoms. The molecule has 8 heteroatoms. The van der Waals surface area contributed by atoms with Gasteiger partial charge in [-0.05, 0) is 53.3 Å². The second-order valence-electron chi connectivity index (χ2n) is 7.82. The maximum Gasteiger partial charge on any atom is 0.254 e. The molecule has 1 aliphatic heterocycles. The van der Waals surface area contributed by atoms with Crippen LogP contribution in [-0.4, -0.2) is 44.5 Å². The number of benzene rings is 2. The van der Waals surface area contributed by atoms with Crippen LogP contribution in [0.1, 0.15) is 38.3 Å². The number of fused-ring (bicyclic) bond motifs is 1. The van der Waals surface area contributed by atoms with Crippen molar-refractivity contribution in [1.82, 2.24) is 10.2 Å². The molecule has 2 atom stereocenters. The Morgan fingerprint density at radius 1 is 1.12 bits per heavy atom. The molecule has 0 saturated carbocycles. The highest BCUT2D eigenvalue weighted by Gasteiger charge is 2.43. The molecule has 0 bridgehead atoms. The van der Waals surface area contributed by atoms with Crippen molar-refractivity contribution in [2.24, 2.45) is 0 Å². The second-order valence-corrected chi connectivity index (χ2v) is 9.23. The van der Waals surface area contributed by atoms with E-state index in [9.17, 15) is 9.59 Å². The van der Waals surface area contributed by atoms with Crippen LogP contribution in [0.3, 0.4) is 0 Å². The first-order valence-corrected chi connectivity index (χ1v) is 11.8. The number of nitrogens with one attached hydrogen (secondary N) is 1. The third-order valence-electron chi connectivity index (χ3n) is 5.92. The summed E-state index contributed by atoms with van der Waals surface area (Å²) < 4.78 is 10.9. The fourth-order valence-corrected chi connectivity index (χ4v) is 5.27. The Morgan fingerprint density at radius 3 is 2.45 bits per heavy atom. The molecule has 0 radical (unpaired) electrons. The van der Waals surface area contributed by atoms with Crippen LogP contribution in [0.4, 0.5) is 0 Å². The van der Waals surface area contributed by atoms with Gasteiger partial charge in [0.2, 0.25) is 5.91 Å². The lowest BCUT2D eigenvalue weighted by atomic mass is 9.81. The summed E-state index contributed by atoms with van der Waals surface area (Å²) >= 11 is 7.49. The van der Waals surface area contributed by atoms with Crippen molar-refractivity contribution in [3.8, 4) is 11.5 Å². The zero-order valence-electron chi connectivity index (χ0n) is 18.6. The summed E-state index contributed by atoms with van der Waals surface area (Å²) in [4.78, 5) is 29.4. The minimum absolute atomic E-state index is 0.143. The van der Waals surface area contributed by atoms with E-state index in [-0.39, 0.29) is 11.8 Å². The molecular weight excluding hydrogens is 460 g/mol. The van der Waals surface area contributed by atoms with Gasteiger partial charge in [-0.15, -0.1) is 11.3 Å². The number of halogens is 1. The number of likely N-dealkylation sites (N-methyl/N-ethyl adjacent to an activating group) is 1. The topological polar surface area (TPSA) is 67.9 Å². The van der Waals surface area contributed by atoms with Crippen molar-refractivity contribution in [2.45, 2.75) is 18.4 Å². The van der Waals surface area contributed by atoms with E-state index in [4.69, 9.17) is 21.1 Å². The lowest BCUT2D eigenvalue weighted by molar-refractivity contribution is -0.124. The van der Waals surface area contributed by atoms with Gasteiger partial charge < -0.3 is 19.7 Å². The number of amides is 2. The average Bonchev–Trinajstić information content (AvgIpc) is 3.36. The number of carbonyl (C=O) groups excluding carboxylic acids is 2. The van der Waals surface area contributed by atoms with E-state index in [1.54, 1.807) is 31.2 Å². The fraction of sp³-hybridized carbons (Fsp3) is 0.280. The van der Waals surface area contributed by atoms with Crippen LogP contribution < -0.4 is 14.8 Å². The van der Waals surface area contributed by atoms with Gasteiger partial charge in [0.15, 0.2) is 11.5 Å². The minimum Gasteiger partial charge on any atom is -0.493 e. The fourth-order valence-electron chi connectivity index (χ4n) is 4.24. The monoisotopic (exact) mass is 484 g/mol. The van der Waals surface area contributed by atoms with Gasteiger partial charge >= 0.3 is 0 Å². The van der Waals surface area contributed by atoms with Crippen molar-refractivity contribution >= 4 is 34.8 Å². The number of nitrogens with zero attached hydrogens (tertiary/aromatic N) is 1. The summed E-state index contributed by atoms with van der Waals surface area (Å²) in [7, 11) is 4.80. The Labute approximate surface area is 202 Å². The standard InChI is InChI=1S/C25H25ClN2O4S/c1-28-23(21-5-4-12-33-21)22(24(29)27-11-10-15-6-8-16(26)9-7-15)17-13-19(31-2)20(32-3)14-18(17)25(28)30/h4-9,12-14,22-23H,10-11H2,1-3H3,(H,27,29). The Balaban J connectivity index is 1.68. The van der Waals surface area contributed by atoms with Crippen LogP contribution in [0.2, 0.25) is 5.02 Å². The Bertz CT molecular complexity index is 1150. The largest absolute Gasteiger partial charge is 0.493 e. The second kappa shape index (κ2) is 9.85. The highest BCUT2D eigenvalue weighted by atomic mass is 35.5. The highest BCUT2D eigenvalue weighted by molar-refractivity contribution is 7.10. The average molecular weight is 485 g/mol. The normalized spacial score (nSPS) is 17.5. The smallest absolute Gasteiger partial charge is 0.254 e. The molecule has 0 fully saturated rings. The number of hydrogen-bond donors (Lipinski definition) is 1. The predicted molar refractivity (Wildman–Crippen MR) is 130 cm³/mol. The highest BCUT2D eigenvalue weighted by Crippen LogP contribution is 2.46. The summed E-state index contributed by atoms with van der Waals surface area (Å²) in [6.45, 7) is 0.467. The maximum atomic E-state index is 13.6. The first kappa shape index (κ1) is 23.1. The predicted octanol–water partition coefficient (Wildman–Crippen LogP) is 4.69. The molecule has 2 amide bonds. The quantitative estimate of drug-likeness (QED) is 0.528. The van der Waals surface area contributed by atoms with Gasteiger partial charge in [-0.2, -0.15) is 0 Å². The maximum absolute atomic E-state index is 13.6. The van der Waals surface area contributed by atoms with E-state index in [1.807, 2.05) is 41.8 Å². The number of methoxy groups -OCH3 is 2. The van der Waals surface area contributed by atoms with Crippen LogP contribution in [0, 0.1) is 0 Å². The van der Waals surface area contributed by atoms with Crippen LogP contribution in [0.15, 0.2) is 53.9 Å². The van der Waals surface area contributed by atoms with Gasteiger partial charge in [-0.25, -0.2) is 0 Å². The van der Waals surface area contributed by atoms with E-state index >= 15 is 0 Å². The molecule has 2 heterocycles. The Hall–Kier alpha value is -3.03. The Morgan fingerprint density at radius 2 is 1.82 bits per heavy atom. The molecule has 1 aliphatic rings. The molecule has 3 aromatic rings. The summed E-state index contributed by atoms with van der Waals surface area (Å²) in [6.07, 6.45) is 0.673. The van der Waals surface area contributed by atoms with Crippen molar-refractivity contribution in [1.29, 1.82) is 0 Å². The van der Waals surface area contributed by atoms with E-state index in [0.29, 0.717) is 40.6 Å². The van der Waals surface area contributed by atoms with Crippen LogP contribution in [-0.2, 0) is 11.2 Å². The minimum atomic E-state index is -0.591. The molecule has 1 aromatic heterocycles. The molecule has 2 aromatic carbocycles. The zero-order chi connectivity index (χ0) is 23.5.